The minimum atomic E-state index is -4.36. The summed E-state index contributed by atoms with van der Waals surface area (Å²) in [6.07, 6.45) is 67.5. The van der Waals surface area contributed by atoms with Crippen LogP contribution in [0.1, 0.15) is 258 Å². The second-order valence-electron chi connectivity index (χ2n) is 20.6. The van der Waals surface area contributed by atoms with Gasteiger partial charge in [0.05, 0.1) is 39.9 Å². The molecule has 0 bridgehead atoms. The molecular formula is C59H112N2O6P+. The Bertz CT molecular complexity index is 1290. The standard InChI is InChI=1S/C59H111N2O6P/c1-6-8-10-12-14-16-18-20-22-24-26-27-28-29-30-31-32-33-35-36-38-40-42-44-46-48-50-52-58(62)57(56-67-68(64,65)66-55-54-61(3,4)5)60-59(63)53-51-49-47-45-43-41-39-37-34-25-23-21-19-17-15-13-11-9-7-2/h15,17,21,23,35-36,42,44,50,52,57-58,62H,6-14,16,18-20,22,24-34,37-41,43,45-49,51,53-56H2,1-5H3,(H-,60,63,64,65)/p+1/b17-15-,23-21-,36-35+,44-42+,52-50+. The zero-order valence-corrected chi connectivity index (χ0v) is 46.2. The Balaban J connectivity index is 4.29. The zero-order valence-electron chi connectivity index (χ0n) is 45.3. The Morgan fingerprint density at radius 3 is 1.29 bits per heavy atom. The normalized spacial score (nSPS) is 14.4. The summed E-state index contributed by atoms with van der Waals surface area (Å²) >= 11 is 0. The molecule has 0 heterocycles. The largest absolute Gasteiger partial charge is 0.472 e. The molecule has 8 nitrogen and oxygen atoms in total. The van der Waals surface area contributed by atoms with Crippen LogP contribution in [-0.4, -0.2) is 73.4 Å². The van der Waals surface area contributed by atoms with E-state index in [1.54, 1.807) is 6.08 Å². The molecule has 0 aliphatic carbocycles. The van der Waals surface area contributed by atoms with Gasteiger partial charge in [0.2, 0.25) is 5.91 Å². The lowest BCUT2D eigenvalue weighted by atomic mass is 10.0. The van der Waals surface area contributed by atoms with E-state index in [-0.39, 0.29) is 19.1 Å². The van der Waals surface area contributed by atoms with E-state index in [0.29, 0.717) is 17.4 Å². The molecule has 0 rings (SSSR count). The molecule has 0 aliphatic heterocycles. The second kappa shape index (κ2) is 50.2. The molecule has 0 aromatic heterocycles. The van der Waals surface area contributed by atoms with E-state index in [4.69, 9.17) is 9.05 Å². The van der Waals surface area contributed by atoms with Gasteiger partial charge in [0.15, 0.2) is 0 Å². The minimum Gasteiger partial charge on any atom is -0.387 e. The van der Waals surface area contributed by atoms with E-state index in [2.05, 4.69) is 67.8 Å². The van der Waals surface area contributed by atoms with Crippen molar-refractivity contribution in [2.24, 2.45) is 0 Å². The van der Waals surface area contributed by atoms with Gasteiger partial charge in [-0.05, 0) is 77.0 Å². The summed E-state index contributed by atoms with van der Waals surface area (Å²) in [5.41, 5.74) is 0. The van der Waals surface area contributed by atoms with E-state index < -0.39 is 20.0 Å². The van der Waals surface area contributed by atoms with Crippen LogP contribution >= 0.6 is 7.82 Å². The average Bonchev–Trinajstić information content (AvgIpc) is 3.30. The maximum absolute atomic E-state index is 13.0. The number of allylic oxidation sites excluding steroid dienone is 9. The highest BCUT2D eigenvalue weighted by Crippen LogP contribution is 2.43. The molecule has 3 unspecified atom stereocenters. The molecule has 0 saturated heterocycles. The van der Waals surface area contributed by atoms with Crippen molar-refractivity contribution in [1.82, 2.24) is 5.32 Å². The van der Waals surface area contributed by atoms with E-state index in [0.717, 1.165) is 51.4 Å². The number of aliphatic hydroxyl groups excluding tert-OH is 1. The lowest BCUT2D eigenvalue weighted by molar-refractivity contribution is -0.870. The van der Waals surface area contributed by atoms with E-state index in [1.807, 2.05) is 27.2 Å². The summed E-state index contributed by atoms with van der Waals surface area (Å²) in [6.45, 7) is 4.78. The van der Waals surface area contributed by atoms with Crippen molar-refractivity contribution in [2.75, 3.05) is 40.9 Å². The third-order valence-corrected chi connectivity index (χ3v) is 13.7. The summed E-state index contributed by atoms with van der Waals surface area (Å²) in [6, 6.07) is -0.875. The summed E-state index contributed by atoms with van der Waals surface area (Å²) in [7, 11) is 1.54. The Morgan fingerprint density at radius 1 is 0.500 bits per heavy atom. The quantitative estimate of drug-likeness (QED) is 0.0243. The van der Waals surface area contributed by atoms with Gasteiger partial charge >= 0.3 is 7.82 Å². The number of amides is 1. The molecule has 0 aromatic carbocycles. The summed E-state index contributed by atoms with van der Waals surface area (Å²) in [5.74, 6) is -0.195. The fourth-order valence-electron chi connectivity index (χ4n) is 8.16. The van der Waals surface area contributed by atoms with Gasteiger partial charge in [0, 0.05) is 6.42 Å². The van der Waals surface area contributed by atoms with Crippen molar-refractivity contribution in [2.45, 2.75) is 270 Å². The number of rotatable bonds is 52. The first kappa shape index (κ1) is 66.2. The number of likely N-dealkylation sites (N-methyl/N-ethyl adjacent to an activating group) is 1. The second-order valence-corrected chi connectivity index (χ2v) is 22.1. The maximum Gasteiger partial charge on any atom is 0.472 e. The monoisotopic (exact) mass is 976 g/mol. The van der Waals surface area contributed by atoms with Crippen LogP contribution in [-0.2, 0) is 18.4 Å². The van der Waals surface area contributed by atoms with Crippen molar-refractivity contribution in [3.63, 3.8) is 0 Å². The summed E-state index contributed by atoms with van der Waals surface area (Å²) in [4.78, 5) is 23.3. The van der Waals surface area contributed by atoms with Crippen LogP contribution in [0.5, 0.6) is 0 Å². The van der Waals surface area contributed by atoms with Crippen molar-refractivity contribution >= 4 is 13.7 Å². The topological polar surface area (TPSA) is 105 Å². The number of phosphoric ester groups is 1. The number of hydrogen-bond donors (Lipinski definition) is 3. The van der Waals surface area contributed by atoms with Crippen molar-refractivity contribution in [3.8, 4) is 0 Å². The molecule has 9 heteroatoms. The molecular weight excluding hydrogens is 864 g/mol. The molecule has 68 heavy (non-hydrogen) atoms. The van der Waals surface area contributed by atoms with Crippen LogP contribution in [0.25, 0.3) is 0 Å². The fraction of sp³-hybridized carbons (Fsp3) is 0.814. The Morgan fingerprint density at radius 2 is 0.853 bits per heavy atom. The SMILES string of the molecule is CCCCC/C=C\C/C=C\CCCCCCCCCCCC(=O)NC(COP(=O)(O)OCC[N+](C)(C)C)C(O)/C=C/CC/C=C/CC/C=C/CCCCCCCCCCCCCCCCCCC. The van der Waals surface area contributed by atoms with Crippen LogP contribution in [0.2, 0.25) is 0 Å². The first-order valence-corrected chi connectivity index (χ1v) is 30.2. The number of aliphatic hydroxyl groups is 1. The van der Waals surface area contributed by atoms with Crippen LogP contribution < -0.4 is 5.32 Å². The van der Waals surface area contributed by atoms with Gasteiger partial charge in [-0.15, -0.1) is 0 Å². The molecule has 1 amide bonds. The van der Waals surface area contributed by atoms with Gasteiger partial charge in [0.25, 0.3) is 0 Å². The third kappa shape index (κ3) is 52.0. The molecule has 3 N–H and O–H groups in total. The highest BCUT2D eigenvalue weighted by Gasteiger charge is 2.27. The number of hydrogen-bond acceptors (Lipinski definition) is 5. The molecule has 0 aliphatic rings. The van der Waals surface area contributed by atoms with Crippen LogP contribution in [0, 0.1) is 0 Å². The molecule has 0 fully saturated rings. The van der Waals surface area contributed by atoms with E-state index in [1.165, 1.54) is 186 Å². The zero-order chi connectivity index (χ0) is 49.9. The van der Waals surface area contributed by atoms with Gasteiger partial charge < -0.3 is 19.8 Å². The lowest BCUT2D eigenvalue weighted by Crippen LogP contribution is -2.45. The van der Waals surface area contributed by atoms with Crippen molar-refractivity contribution in [1.29, 1.82) is 0 Å². The predicted molar refractivity (Wildman–Crippen MR) is 295 cm³/mol. The smallest absolute Gasteiger partial charge is 0.387 e. The van der Waals surface area contributed by atoms with Gasteiger partial charge in [0.1, 0.15) is 13.2 Å². The van der Waals surface area contributed by atoms with E-state index >= 15 is 0 Å². The molecule has 0 aromatic rings. The highest BCUT2D eigenvalue weighted by molar-refractivity contribution is 7.47. The Labute approximate surface area is 422 Å². The molecule has 0 spiro atoms. The number of unbranched alkanes of at least 4 members (excludes halogenated alkanes) is 31. The number of quaternary nitrogens is 1. The van der Waals surface area contributed by atoms with Crippen molar-refractivity contribution in [3.05, 3.63) is 60.8 Å². The minimum absolute atomic E-state index is 0.0509. The third-order valence-electron chi connectivity index (χ3n) is 12.7. The maximum atomic E-state index is 13.0. The van der Waals surface area contributed by atoms with Crippen molar-refractivity contribution < 1.29 is 32.9 Å². The summed E-state index contributed by atoms with van der Waals surface area (Å²) < 4.78 is 23.7. The summed E-state index contributed by atoms with van der Waals surface area (Å²) in [5, 5.41) is 13.9. The van der Waals surface area contributed by atoms with Gasteiger partial charge in [-0.25, -0.2) is 4.57 Å². The molecule has 0 radical (unpaired) electrons. The van der Waals surface area contributed by atoms with Gasteiger partial charge in [-0.3, -0.25) is 13.8 Å². The molecule has 0 saturated carbocycles. The molecule has 398 valence electrons. The number of phosphoric acid groups is 1. The van der Waals surface area contributed by atoms with Crippen LogP contribution in [0.4, 0.5) is 0 Å². The predicted octanol–water partition coefficient (Wildman–Crippen LogP) is 17.3. The van der Waals surface area contributed by atoms with Gasteiger partial charge in [-0.2, -0.15) is 0 Å². The number of carbonyl (C=O) groups excluding carboxylic acids is 1. The first-order chi connectivity index (χ1) is 33.0. The first-order valence-electron chi connectivity index (χ1n) is 28.7. The lowest BCUT2D eigenvalue weighted by Gasteiger charge is -2.25. The molecule has 3 atom stereocenters. The Hall–Kier alpha value is -1.80. The van der Waals surface area contributed by atoms with Crippen LogP contribution in [0.15, 0.2) is 60.8 Å². The van der Waals surface area contributed by atoms with E-state index in [9.17, 15) is 19.4 Å². The fourth-order valence-corrected chi connectivity index (χ4v) is 8.90. The van der Waals surface area contributed by atoms with Gasteiger partial charge in [-0.1, -0.05) is 235 Å². The highest BCUT2D eigenvalue weighted by atomic mass is 31.2. The Kier molecular flexibility index (Phi) is 48.8. The average molecular weight is 977 g/mol. The number of nitrogens with zero attached hydrogens (tertiary/aromatic N) is 1. The van der Waals surface area contributed by atoms with Crippen LogP contribution in [0.3, 0.4) is 0 Å². The number of nitrogens with one attached hydrogen (secondary N) is 1. The number of carbonyl (C=O) groups is 1.